The van der Waals surface area contributed by atoms with Crippen LogP contribution in [0.25, 0.3) is 21.8 Å². The Labute approximate surface area is 180 Å². The molecule has 4 aromatic rings. The molecule has 0 spiro atoms. The van der Waals surface area contributed by atoms with Crippen molar-refractivity contribution >= 4 is 27.8 Å². The molecule has 0 aliphatic heterocycles. The zero-order chi connectivity index (χ0) is 22.2. The van der Waals surface area contributed by atoms with Crippen molar-refractivity contribution in [1.29, 1.82) is 10.5 Å². The van der Waals surface area contributed by atoms with E-state index in [1.54, 1.807) is 24.3 Å². The van der Waals surface area contributed by atoms with E-state index in [2.05, 4.69) is 22.1 Å². The predicted molar refractivity (Wildman–Crippen MR) is 118 cm³/mol. The van der Waals surface area contributed by atoms with Crippen LogP contribution in [0.2, 0.25) is 0 Å². The van der Waals surface area contributed by atoms with Crippen LogP contribution in [0, 0.1) is 22.7 Å². The first-order valence-corrected chi connectivity index (χ1v) is 10.0. The number of nitrogens with zero attached hydrogens (tertiary/aromatic N) is 2. The Balaban J connectivity index is 1.78. The minimum atomic E-state index is -0.614. The number of rotatable bonds is 4. The highest BCUT2D eigenvalue weighted by Crippen LogP contribution is 2.33. The predicted octanol–water partition coefficient (Wildman–Crippen LogP) is 5.06. The van der Waals surface area contributed by atoms with Crippen molar-refractivity contribution in [2.45, 2.75) is 38.7 Å². The second kappa shape index (κ2) is 7.66. The van der Waals surface area contributed by atoms with Crippen LogP contribution in [0.5, 0.6) is 0 Å². The van der Waals surface area contributed by atoms with Gasteiger partial charge in [0.05, 0.1) is 29.2 Å². The lowest BCUT2D eigenvalue weighted by atomic mass is 9.91. The van der Waals surface area contributed by atoms with Crippen LogP contribution in [0.3, 0.4) is 0 Å². The molecule has 0 aliphatic rings. The fourth-order valence-corrected chi connectivity index (χ4v) is 3.84. The van der Waals surface area contributed by atoms with Crippen molar-refractivity contribution < 1.29 is 9.53 Å². The lowest BCUT2D eigenvalue weighted by molar-refractivity contribution is -0.156. The molecule has 2 heterocycles. The van der Waals surface area contributed by atoms with E-state index < -0.39 is 11.5 Å². The topological polar surface area (TPSA) is 105 Å². The minimum Gasteiger partial charge on any atom is -0.459 e. The van der Waals surface area contributed by atoms with Crippen LogP contribution in [0.4, 0.5) is 0 Å². The number of hydrogen-bond acceptors (Lipinski definition) is 4. The van der Waals surface area contributed by atoms with E-state index in [1.807, 2.05) is 45.3 Å². The number of fused-ring (bicyclic) bond motifs is 2. The molecule has 0 fully saturated rings. The molecule has 0 saturated heterocycles. The van der Waals surface area contributed by atoms with Crippen LogP contribution in [0.1, 0.15) is 48.9 Å². The SMILES string of the molecule is CC(C)(C)OC(=O)C(Cc1c[nH]c2cc(C#N)ccc12)c1c[nH]c2cc(C#N)ccc12. The van der Waals surface area contributed by atoms with Gasteiger partial charge in [0.2, 0.25) is 0 Å². The number of aromatic amines is 2. The molecule has 154 valence electrons. The van der Waals surface area contributed by atoms with Gasteiger partial charge in [0.15, 0.2) is 0 Å². The third kappa shape index (κ3) is 4.01. The highest BCUT2D eigenvalue weighted by molar-refractivity contribution is 5.92. The normalized spacial score (nSPS) is 12.4. The Morgan fingerprint density at radius 1 is 0.968 bits per heavy atom. The number of carbonyl (C=O) groups excluding carboxylic acids is 1. The summed E-state index contributed by atoms with van der Waals surface area (Å²) in [5.41, 5.74) is 3.98. The number of H-pyrrole nitrogens is 2. The van der Waals surface area contributed by atoms with Gasteiger partial charge in [0.25, 0.3) is 0 Å². The Bertz CT molecular complexity index is 1370. The van der Waals surface area contributed by atoms with Crippen LogP contribution in [-0.4, -0.2) is 21.5 Å². The van der Waals surface area contributed by atoms with E-state index >= 15 is 0 Å². The van der Waals surface area contributed by atoms with Gasteiger partial charge in [0.1, 0.15) is 5.60 Å². The molecule has 2 aromatic carbocycles. The van der Waals surface area contributed by atoms with Crippen molar-refractivity contribution in [2.75, 3.05) is 0 Å². The van der Waals surface area contributed by atoms with Crippen molar-refractivity contribution in [1.82, 2.24) is 9.97 Å². The zero-order valence-corrected chi connectivity index (χ0v) is 17.6. The molecule has 0 bridgehead atoms. The summed E-state index contributed by atoms with van der Waals surface area (Å²) in [6.45, 7) is 5.56. The molecule has 31 heavy (non-hydrogen) atoms. The molecule has 6 nitrogen and oxygen atoms in total. The molecule has 0 saturated carbocycles. The molecular weight excluding hydrogens is 388 g/mol. The number of ether oxygens (including phenoxy) is 1. The average Bonchev–Trinajstić information content (AvgIpc) is 3.33. The number of aromatic nitrogens is 2. The molecule has 1 atom stereocenters. The van der Waals surface area contributed by atoms with Crippen LogP contribution in [-0.2, 0) is 16.0 Å². The van der Waals surface area contributed by atoms with Crippen molar-refractivity contribution in [3.63, 3.8) is 0 Å². The van der Waals surface area contributed by atoms with E-state index in [0.717, 1.165) is 32.9 Å². The summed E-state index contributed by atoms with van der Waals surface area (Å²) in [5, 5.41) is 20.2. The maximum atomic E-state index is 13.2. The third-order valence-corrected chi connectivity index (χ3v) is 5.23. The molecule has 6 heteroatoms. The van der Waals surface area contributed by atoms with Gasteiger partial charge < -0.3 is 14.7 Å². The first-order chi connectivity index (χ1) is 14.8. The van der Waals surface area contributed by atoms with Crippen molar-refractivity contribution in [2.24, 2.45) is 0 Å². The molecular formula is C25H22N4O2. The van der Waals surface area contributed by atoms with E-state index in [1.165, 1.54) is 0 Å². The molecule has 0 amide bonds. The lowest BCUT2D eigenvalue weighted by Crippen LogP contribution is -2.28. The Hall–Kier alpha value is -4.03. The summed E-state index contributed by atoms with van der Waals surface area (Å²) >= 11 is 0. The monoisotopic (exact) mass is 410 g/mol. The van der Waals surface area contributed by atoms with Crippen LogP contribution >= 0.6 is 0 Å². The summed E-state index contributed by atoms with van der Waals surface area (Å²) < 4.78 is 5.76. The average molecular weight is 410 g/mol. The molecule has 2 N–H and O–H groups in total. The van der Waals surface area contributed by atoms with Crippen LogP contribution < -0.4 is 0 Å². The summed E-state index contributed by atoms with van der Waals surface area (Å²) in [4.78, 5) is 19.6. The highest BCUT2D eigenvalue weighted by Gasteiger charge is 2.29. The van der Waals surface area contributed by atoms with Gasteiger partial charge in [0, 0.05) is 34.2 Å². The maximum absolute atomic E-state index is 13.2. The van der Waals surface area contributed by atoms with Gasteiger partial charge in [-0.25, -0.2) is 0 Å². The molecule has 0 radical (unpaired) electrons. The maximum Gasteiger partial charge on any atom is 0.314 e. The summed E-state index contributed by atoms with van der Waals surface area (Å²) in [6, 6.07) is 15.2. The number of nitriles is 2. The quantitative estimate of drug-likeness (QED) is 0.459. The third-order valence-electron chi connectivity index (χ3n) is 5.23. The summed E-state index contributed by atoms with van der Waals surface area (Å²) in [7, 11) is 0. The molecule has 1 unspecified atom stereocenters. The zero-order valence-electron chi connectivity index (χ0n) is 17.6. The first-order valence-electron chi connectivity index (χ1n) is 10.0. The number of benzene rings is 2. The second-order valence-electron chi connectivity index (χ2n) is 8.59. The van der Waals surface area contributed by atoms with Gasteiger partial charge in [-0.2, -0.15) is 10.5 Å². The van der Waals surface area contributed by atoms with Crippen molar-refractivity contribution in [3.8, 4) is 12.1 Å². The fourth-order valence-electron chi connectivity index (χ4n) is 3.84. The molecule has 0 aliphatic carbocycles. The second-order valence-corrected chi connectivity index (χ2v) is 8.59. The van der Waals surface area contributed by atoms with Gasteiger partial charge >= 0.3 is 5.97 Å². The van der Waals surface area contributed by atoms with Crippen molar-refractivity contribution in [3.05, 3.63) is 71.0 Å². The van der Waals surface area contributed by atoms with Gasteiger partial charge in [-0.15, -0.1) is 0 Å². The molecule has 4 rings (SSSR count). The number of esters is 1. The van der Waals surface area contributed by atoms with E-state index in [-0.39, 0.29) is 5.97 Å². The largest absolute Gasteiger partial charge is 0.459 e. The fraction of sp³-hybridized carbons (Fsp3) is 0.240. The van der Waals surface area contributed by atoms with Gasteiger partial charge in [-0.3, -0.25) is 4.79 Å². The smallest absolute Gasteiger partial charge is 0.314 e. The van der Waals surface area contributed by atoms with Crippen LogP contribution in [0.15, 0.2) is 48.8 Å². The van der Waals surface area contributed by atoms with Gasteiger partial charge in [-0.1, -0.05) is 12.1 Å². The molecule has 2 aromatic heterocycles. The van der Waals surface area contributed by atoms with E-state index in [0.29, 0.717) is 17.5 Å². The summed E-state index contributed by atoms with van der Waals surface area (Å²) in [5.74, 6) is -0.837. The Morgan fingerprint density at radius 2 is 1.55 bits per heavy atom. The number of hydrogen-bond donors (Lipinski definition) is 2. The minimum absolute atomic E-state index is 0.305. The van der Waals surface area contributed by atoms with Gasteiger partial charge in [-0.05, 0) is 62.6 Å². The lowest BCUT2D eigenvalue weighted by Gasteiger charge is -2.24. The van der Waals surface area contributed by atoms with E-state index in [9.17, 15) is 10.1 Å². The Morgan fingerprint density at radius 3 is 2.16 bits per heavy atom. The number of nitrogens with one attached hydrogen (secondary N) is 2. The standard InChI is InChI=1S/C25H22N4O2/c1-25(2,3)31-24(30)20(21-14-29-23-9-16(12-27)5-7-19(21)23)10-17-13-28-22-8-15(11-26)4-6-18(17)22/h4-9,13-14,20,28-29H,10H2,1-3H3. The highest BCUT2D eigenvalue weighted by atomic mass is 16.6. The first kappa shape index (κ1) is 20.3. The van der Waals surface area contributed by atoms with E-state index in [4.69, 9.17) is 10.00 Å². The number of carbonyl (C=O) groups is 1. The Kier molecular flexibility index (Phi) is 5.01. The summed E-state index contributed by atoms with van der Waals surface area (Å²) in [6.07, 6.45) is 4.14.